The average Bonchev–Trinajstić information content (AvgIpc) is 1.79. The Bertz CT molecular complexity index is 171. The maximum absolute atomic E-state index is 12.2. The van der Waals surface area contributed by atoms with Gasteiger partial charge in [-0.3, -0.25) is 9.05 Å². The summed E-state index contributed by atoms with van der Waals surface area (Å²) in [4.78, 5) is 0. The van der Waals surface area contributed by atoms with Gasteiger partial charge in [0.25, 0.3) is 5.92 Å². The molecule has 1 rings (SSSR count). The van der Waals surface area contributed by atoms with Gasteiger partial charge >= 0.3 is 5.24 Å². The van der Waals surface area contributed by atoms with Gasteiger partial charge in [-0.2, -0.15) is 0 Å². The molecule has 7 heteroatoms. The Labute approximate surface area is 69.1 Å². The number of alkyl halides is 2. The van der Waals surface area contributed by atoms with E-state index in [1.165, 1.54) is 22.0 Å². The molecule has 0 aliphatic carbocycles. The van der Waals surface area contributed by atoms with E-state index in [0.717, 1.165) is 0 Å². The maximum Gasteiger partial charge on any atom is 0.389 e. The predicted molar refractivity (Wildman–Crippen MR) is 38.5 cm³/mol. The molecule has 0 N–H and O–H groups in total. The third-order valence-electron chi connectivity index (χ3n) is 0.860. The fourth-order valence-electron chi connectivity index (χ4n) is 0.422. The molecule has 0 atom stereocenters. The third kappa shape index (κ3) is 2.41. The van der Waals surface area contributed by atoms with Gasteiger partial charge in [-0.15, -0.1) is 0 Å². The number of halogens is 3. The maximum atomic E-state index is 12.2. The van der Waals surface area contributed by atoms with E-state index in [1.54, 1.807) is 0 Å². The van der Waals surface area contributed by atoms with Gasteiger partial charge in [0.05, 0.1) is 22.0 Å². The quantitative estimate of drug-likeness (QED) is 0.505. The first-order valence-electron chi connectivity index (χ1n) is 2.38. The number of hydrogen-bond donors (Lipinski definition) is 0. The first kappa shape index (κ1) is 8.83. The molecule has 0 bridgehead atoms. The van der Waals surface area contributed by atoms with Crippen molar-refractivity contribution in [2.24, 2.45) is 0 Å². The van der Waals surface area contributed by atoms with Gasteiger partial charge in [-0.1, -0.05) is 0 Å². The highest BCUT2D eigenvalue weighted by atomic mass is 127. The summed E-state index contributed by atoms with van der Waals surface area (Å²) in [6.07, 6.45) is 0. The van der Waals surface area contributed by atoms with Crippen LogP contribution in [0.3, 0.4) is 0 Å². The molecule has 1 aliphatic rings. The Balaban J connectivity index is 2.54. The molecule has 0 amide bonds. The topological polar surface area (TPSA) is 35.5 Å². The molecule has 1 heterocycles. The van der Waals surface area contributed by atoms with Crippen LogP contribution >= 0.6 is 27.3 Å². The lowest BCUT2D eigenvalue weighted by Crippen LogP contribution is -2.32. The summed E-state index contributed by atoms with van der Waals surface area (Å²) in [7, 11) is 0. The van der Waals surface area contributed by atoms with Gasteiger partial charge in [0.15, 0.2) is 0 Å². The zero-order valence-electron chi connectivity index (χ0n) is 4.72. The minimum Gasteiger partial charge on any atom is -0.295 e. The van der Waals surface area contributed by atoms with Crippen LogP contribution in [0, 0.1) is 0 Å². The van der Waals surface area contributed by atoms with Gasteiger partial charge in [-0.25, -0.2) is 13.3 Å². The Morgan fingerprint density at radius 2 is 1.80 bits per heavy atom. The van der Waals surface area contributed by atoms with Crippen molar-refractivity contribution >= 4 is 27.3 Å². The number of hydrogen-bond acceptors (Lipinski definition) is 3. The SMILES string of the molecule is O=P1(I)OCC(F)(F)CO1. The zero-order valence-corrected chi connectivity index (χ0v) is 7.77. The Kier molecular flexibility index (Phi) is 2.35. The summed E-state index contributed by atoms with van der Waals surface area (Å²) >= 11 is 1.39. The molecule has 1 aliphatic heterocycles. The van der Waals surface area contributed by atoms with Crippen molar-refractivity contribution < 1.29 is 22.4 Å². The Morgan fingerprint density at radius 1 is 1.40 bits per heavy atom. The van der Waals surface area contributed by atoms with Crippen molar-refractivity contribution in [1.82, 2.24) is 0 Å². The van der Waals surface area contributed by atoms with Crippen molar-refractivity contribution in [1.29, 1.82) is 0 Å². The van der Waals surface area contributed by atoms with Crippen LogP contribution in [0.4, 0.5) is 8.78 Å². The standard InChI is InChI=1S/C3H4F2IO3P/c4-3(5)1-8-10(6,7)9-2-3/h1-2H2. The molecule has 0 saturated carbocycles. The molecule has 0 aromatic heterocycles. The molecule has 0 unspecified atom stereocenters. The lowest BCUT2D eigenvalue weighted by Gasteiger charge is -2.24. The molecule has 0 aromatic rings. The van der Waals surface area contributed by atoms with Gasteiger partial charge < -0.3 is 0 Å². The van der Waals surface area contributed by atoms with Gasteiger partial charge in [0.2, 0.25) is 0 Å². The molecule has 10 heavy (non-hydrogen) atoms. The molecular formula is C3H4F2IO3P. The van der Waals surface area contributed by atoms with Crippen LogP contribution in [0.25, 0.3) is 0 Å². The van der Waals surface area contributed by atoms with E-state index in [1.807, 2.05) is 0 Å². The van der Waals surface area contributed by atoms with Crippen LogP contribution in [0.1, 0.15) is 0 Å². The minimum absolute atomic E-state index is 0.812. The Hall–Kier alpha value is 0.740. The third-order valence-corrected chi connectivity index (χ3v) is 3.41. The van der Waals surface area contributed by atoms with Crippen LogP contribution in [0.5, 0.6) is 0 Å². The van der Waals surface area contributed by atoms with Crippen LogP contribution in [-0.2, 0) is 13.6 Å². The first-order valence-corrected chi connectivity index (χ1v) is 6.71. The summed E-state index contributed by atoms with van der Waals surface area (Å²) in [6, 6.07) is 0. The van der Waals surface area contributed by atoms with E-state index in [4.69, 9.17) is 0 Å². The van der Waals surface area contributed by atoms with Crippen LogP contribution in [0.15, 0.2) is 0 Å². The summed E-state index contributed by atoms with van der Waals surface area (Å²) in [5, 5.41) is -3.18. The summed E-state index contributed by atoms with van der Waals surface area (Å²) in [6.45, 7) is -1.62. The van der Waals surface area contributed by atoms with Crippen molar-refractivity contribution in [2.75, 3.05) is 13.2 Å². The molecule has 0 spiro atoms. The molecular weight excluding hydrogens is 280 g/mol. The van der Waals surface area contributed by atoms with E-state index < -0.39 is 24.4 Å². The molecule has 1 fully saturated rings. The monoisotopic (exact) mass is 284 g/mol. The van der Waals surface area contributed by atoms with Gasteiger partial charge in [-0.05, 0) is 0 Å². The highest BCUT2D eigenvalue weighted by Crippen LogP contribution is 2.60. The predicted octanol–water partition coefficient (Wildman–Crippen LogP) is 2.21. The molecule has 0 aromatic carbocycles. The van der Waals surface area contributed by atoms with Crippen molar-refractivity contribution in [2.45, 2.75) is 5.92 Å². The second-order valence-corrected chi connectivity index (χ2v) is 6.76. The van der Waals surface area contributed by atoms with Crippen LogP contribution in [0.2, 0.25) is 0 Å². The average molecular weight is 284 g/mol. The summed E-state index contributed by atoms with van der Waals surface area (Å²) in [5.41, 5.74) is 0. The molecule has 0 radical (unpaired) electrons. The lowest BCUT2D eigenvalue weighted by atomic mass is 10.4. The van der Waals surface area contributed by atoms with E-state index in [0.29, 0.717) is 0 Å². The van der Waals surface area contributed by atoms with Crippen molar-refractivity contribution in [3.8, 4) is 0 Å². The fourth-order valence-corrected chi connectivity index (χ4v) is 2.02. The van der Waals surface area contributed by atoms with Gasteiger partial charge in [0, 0.05) is 0 Å². The van der Waals surface area contributed by atoms with Crippen LogP contribution < -0.4 is 0 Å². The van der Waals surface area contributed by atoms with Crippen molar-refractivity contribution in [3.63, 3.8) is 0 Å². The van der Waals surface area contributed by atoms with Crippen LogP contribution in [-0.4, -0.2) is 19.1 Å². The van der Waals surface area contributed by atoms with E-state index in [9.17, 15) is 13.3 Å². The first-order chi connectivity index (χ1) is 4.41. The van der Waals surface area contributed by atoms with E-state index >= 15 is 0 Å². The summed E-state index contributed by atoms with van der Waals surface area (Å²) in [5.74, 6) is -2.99. The van der Waals surface area contributed by atoms with E-state index in [-0.39, 0.29) is 0 Å². The lowest BCUT2D eigenvalue weighted by molar-refractivity contribution is -0.0991. The van der Waals surface area contributed by atoms with Crippen molar-refractivity contribution in [3.05, 3.63) is 0 Å². The number of rotatable bonds is 0. The second-order valence-electron chi connectivity index (χ2n) is 1.83. The largest absolute Gasteiger partial charge is 0.389 e. The highest BCUT2D eigenvalue weighted by molar-refractivity contribution is 14.2. The molecule has 1 saturated heterocycles. The smallest absolute Gasteiger partial charge is 0.295 e. The zero-order chi connectivity index (χ0) is 7.83. The molecule has 3 nitrogen and oxygen atoms in total. The Morgan fingerprint density at radius 3 is 2.10 bits per heavy atom. The minimum atomic E-state index is -3.18. The second kappa shape index (κ2) is 2.66. The summed E-state index contributed by atoms with van der Waals surface area (Å²) < 4.78 is 43.6. The molecule has 60 valence electrons. The normalized spacial score (nSPS) is 29.9. The highest BCUT2D eigenvalue weighted by Gasteiger charge is 2.41. The van der Waals surface area contributed by atoms with E-state index in [2.05, 4.69) is 9.05 Å². The van der Waals surface area contributed by atoms with Gasteiger partial charge in [0.1, 0.15) is 13.2 Å². The fraction of sp³-hybridized carbons (Fsp3) is 1.00.